The van der Waals surface area contributed by atoms with Crippen molar-refractivity contribution in [1.29, 1.82) is 0 Å². The van der Waals surface area contributed by atoms with Gasteiger partial charge in [-0.25, -0.2) is 14.2 Å². The van der Waals surface area contributed by atoms with Gasteiger partial charge in [-0.15, -0.1) is 5.10 Å². The van der Waals surface area contributed by atoms with Crippen molar-refractivity contribution >= 4 is 11.6 Å². The number of fused-ring (bicyclic) bond motifs is 2. The largest absolute Gasteiger partial charge is 0.495 e. The summed E-state index contributed by atoms with van der Waals surface area (Å²) < 4.78 is 27.6. The van der Waals surface area contributed by atoms with Gasteiger partial charge in [-0.05, 0) is 40.5 Å². The number of halogens is 1. The molecule has 2 aromatic heterocycles. The van der Waals surface area contributed by atoms with Crippen molar-refractivity contribution in [2.24, 2.45) is 0 Å². The molecule has 0 N–H and O–H groups in total. The number of piperazine rings is 1. The third-order valence-corrected chi connectivity index (χ3v) is 7.55. The Morgan fingerprint density at radius 1 is 1.27 bits per heavy atom. The number of pyridine rings is 1. The minimum Gasteiger partial charge on any atom is -0.495 e. The first kappa shape index (κ1) is 23.4. The average molecular weight is 505 g/mol. The topological polar surface area (TPSA) is 103 Å². The van der Waals surface area contributed by atoms with Crippen LogP contribution in [0.3, 0.4) is 0 Å². The Labute approximate surface area is 212 Å². The second-order valence-electron chi connectivity index (χ2n) is 9.47. The van der Waals surface area contributed by atoms with Crippen molar-refractivity contribution in [3.8, 4) is 11.6 Å². The van der Waals surface area contributed by atoms with E-state index in [4.69, 9.17) is 16.0 Å². The lowest BCUT2D eigenvalue weighted by Gasteiger charge is -2.46. The first-order valence-electron chi connectivity index (χ1n) is 12.2. The van der Waals surface area contributed by atoms with Crippen LogP contribution in [0.5, 0.6) is 5.75 Å². The molecule has 1 unspecified atom stereocenters. The Morgan fingerprint density at radius 3 is 2.95 bits per heavy atom. The summed E-state index contributed by atoms with van der Waals surface area (Å²) in [6.45, 7) is 10.0. The SMILES string of the molecule is [C-]#[N+]c1ccc([C@@H]2CN3CCN(C(=O)C4CCc5cc(-n6cnnn6)ncc54)C[C@H]3CO2)c(OC)c1F. The highest BCUT2D eigenvalue weighted by molar-refractivity contribution is 5.85. The van der Waals surface area contributed by atoms with Crippen molar-refractivity contribution in [2.45, 2.75) is 30.9 Å². The molecule has 2 fully saturated rings. The third-order valence-electron chi connectivity index (χ3n) is 7.55. The van der Waals surface area contributed by atoms with Gasteiger partial charge in [0.05, 0.1) is 38.4 Å². The number of carbonyl (C=O) groups excluding carboxylic acids is 1. The number of nitrogens with zero attached hydrogens (tertiary/aromatic N) is 8. The minimum absolute atomic E-state index is 0.0579. The highest BCUT2D eigenvalue weighted by Crippen LogP contribution is 2.39. The smallest absolute Gasteiger partial charge is 0.230 e. The van der Waals surface area contributed by atoms with Gasteiger partial charge < -0.3 is 14.4 Å². The molecule has 3 atom stereocenters. The first-order chi connectivity index (χ1) is 18.1. The lowest BCUT2D eigenvalue weighted by Crippen LogP contribution is -2.60. The van der Waals surface area contributed by atoms with E-state index in [0.29, 0.717) is 44.2 Å². The van der Waals surface area contributed by atoms with Crippen LogP contribution in [0.2, 0.25) is 0 Å². The minimum atomic E-state index is -0.660. The summed E-state index contributed by atoms with van der Waals surface area (Å²) >= 11 is 0. The lowest BCUT2D eigenvalue weighted by atomic mass is 9.99. The van der Waals surface area contributed by atoms with Crippen molar-refractivity contribution in [3.63, 3.8) is 0 Å². The predicted molar refractivity (Wildman–Crippen MR) is 128 cm³/mol. The summed E-state index contributed by atoms with van der Waals surface area (Å²) in [4.78, 5) is 25.4. The molecule has 11 nitrogen and oxygen atoms in total. The van der Waals surface area contributed by atoms with Crippen LogP contribution < -0.4 is 4.74 Å². The van der Waals surface area contributed by atoms with Gasteiger partial charge in [0.25, 0.3) is 0 Å². The number of aromatic nitrogens is 5. The first-order valence-corrected chi connectivity index (χ1v) is 12.2. The van der Waals surface area contributed by atoms with E-state index in [9.17, 15) is 9.18 Å². The number of rotatable bonds is 4. The van der Waals surface area contributed by atoms with E-state index < -0.39 is 5.82 Å². The molecule has 190 valence electrons. The number of methoxy groups -OCH3 is 1. The average Bonchev–Trinajstić information content (AvgIpc) is 3.62. The second kappa shape index (κ2) is 9.49. The van der Waals surface area contributed by atoms with Crippen LogP contribution in [-0.2, 0) is 16.0 Å². The normalized spacial score (nSPS) is 23.3. The maximum atomic E-state index is 14.6. The van der Waals surface area contributed by atoms with E-state index in [0.717, 1.165) is 24.0 Å². The fraction of sp³-hybridized carbons (Fsp3) is 0.440. The Bertz CT molecular complexity index is 1370. The van der Waals surface area contributed by atoms with Gasteiger partial charge in [0.2, 0.25) is 11.6 Å². The number of hydrogen-bond acceptors (Lipinski definition) is 8. The van der Waals surface area contributed by atoms with Crippen LogP contribution in [0.4, 0.5) is 10.1 Å². The van der Waals surface area contributed by atoms with Crippen molar-refractivity contribution in [1.82, 2.24) is 35.0 Å². The molecule has 12 heteroatoms. The number of tetrazole rings is 1. The number of carbonyl (C=O) groups is 1. The van der Waals surface area contributed by atoms with Gasteiger partial charge in [0.1, 0.15) is 12.1 Å². The molecule has 2 aliphatic heterocycles. The number of amides is 1. The van der Waals surface area contributed by atoms with Crippen LogP contribution in [-0.4, -0.2) is 86.8 Å². The van der Waals surface area contributed by atoms with Crippen LogP contribution in [0.25, 0.3) is 10.7 Å². The molecule has 1 aromatic carbocycles. The zero-order valence-electron chi connectivity index (χ0n) is 20.2. The molecule has 1 aliphatic carbocycles. The summed E-state index contributed by atoms with van der Waals surface area (Å²) in [5, 5.41) is 11.2. The fourth-order valence-electron chi connectivity index (χ4n) is 5.63. The summed E-state index contributed by atoms with van der Waals surface area (Å²) in [7, 11) is 1.40. The van der Waals surface area contributed by atoms with Gasteiger partial charge in [-0.1, -0.05) is 12.1 Å². The molecule has 4 heterocycles. The summed E-state index contributed by atoms with van der Waals surface area (Å²) in [5.41, 5.74) is 2.60. The van der Waals surface area contributed by atoms with Crippen molar-refractivity contribution in [3.05, 3.63) is 64.6 Å². The standard InChI is InChI=1S/C25H25FN8O3/c1-27-20-6-5-18(24(36-2)23(20)26)21-12-32-7-8-33(11-16(32)13-37-21)25(35)17-4-3-15-9-22(28-10-19(15)17)34-14-29-30-31-34/h5-6,9-10,14,16-17,21H,3-4,7-8,11-13H2,2H3/t16-,17?,21-/m0/s1. The molecule has 3 aromatic rings. The Hall–Kier alpha value is -3.95. The zero-order valence-corrected chi connectivity index (χ0v) is 20.2. The van der Waals surface area contributed by atoms with Crippen LogP contribution in [0.15, 0.2) is 30.7 Å². The second-order valence-corrected chi connectivity index (χ2v) is 9.47. The number of benzene rings is 1. The van der Waals surface area contributed by atoms with Gasteiger partial charge in [0.15, 0.2) is 11.6 Å². The maximum Gasteiger partial charge on any atom is 0.230 e. The van der Waals surface area contributed by atoms with E-state index in [1.54, 1.807) is 12.3 Å². The van der Waals surface area contributed by atoms with Crippen molar-refractivity contribution in [2.75, 3.05) is 39.9 Å². The highest BCUT2D eigenvalue weighted by atomic mass is 19.1. The van der Waals surface area contributed by atoms with E-state index in [-0.39, 0.29) is 35.4 Å². The highest BCUT2D eigenvalue weighted by Gasteiger charge is 2.39. The van der Waals surface area contributed by atoms with Gasteiger partial charge in [-0.2, -0.15) is 4.68 Å². The number of morpholine rings is 1. The quantitative estimate of drug-likeness (QED) is 0.498. The molecular formula is C25H25FN8O3. The molecule has 0 radical (unpaired) electrons. The fourth-order valence-corrected chi connectivity index (χ4v) is 5.63. The Kier molecular flexibility index (Phi) is 6.02. The van der Waals surface area contributed by atoms with Gasteiger partial charge >= 0.3 is 0 Å². The monoisotopic (exact) mass is 504 g/mol. The van der Waals surface area contributed by atoms with E-state index in [2.05, 4.69) is 30.3 Å². The van der Waals surface area contributed by atoms with Crippen molar-refractivity contribution < 1.29 is 18.7 Å². The predicted octanol–water partition coefficient (Wildman–Crippen LogP) is 2.07. The molecule has 0 bridgehead atoms. The molecule has 1 amide bonds. The lowest BCUT2D eigenvalue weighted by molar-refractivity contribution is -0.141. The Balaban J connectivity index is 1.13. The molecule has 37 heavy (non-hydrogen) atoms. The molecule has 0 spiro atoms. The third kappa shape index (κ3) is 4.10. The number of aryl methyl sites for hydroxylation is 1. The van der Waals surface area contributed by atoms with E-state index in [1.165, 1.54) is 24.2 Å². The molecule has 2 saturated heterocycles. The van der Waals surface area contributed by atoms with Gasteiger partial charge in [-0.3, -0.25) is 9.69 Å². The molecule has 3 aliphatic rings. The number of hydrogen-bond donors (Lipinski definition) is 0. The van der Waals surface area contributed by atoms with Crippen LogP contribution in [0.1, 0.15) is 35.1 Å². The summed E-state index contributed by atoms with van der Waals surface area (Å²) in [6.07, 6.45) is 4.47. The summed E-state index contributed by atoms with van der Waals surface area (Å²) in [5.74, 6) is -0.0481. The molecular weight excluding hydrogens is 479 g/mol. The molecule has 0 saturated carbocycles. The zero-order chi connectivity index (χ0) is 25.5. The van der Waals surface area contributed by atoms with Crippen LogP contribution >= 0.6 is 0 Å². The van der Waals surface area contributed by atoms with Crippen LogP contribution in [0, 0.1) is 12.4 Å². The molecule has 6 rings (SSSR count). The maximum absolute atomic E-state index is 14.6. The number of ether oxygens (including phenoxy) is 2. The Morgan fingerprint density at radius 2 is 2.16 bits per heavy atom. The summed E-state index contributed by atoms with van der Waals surface area (Å²) in [6, 6.07) is 5.19. The van der Waals surface area contributed by atoms with E-state index >= 15 is 0 Å². The van der Waals surface area contributed by atoms with E-state index in [1.807, 2.05) is 11.0 Å². The van der Waals surface area contributed by atoms with Gasteiger partial charge in [0, 0.05) is 37.9 Å².